The van der Waals surface area contributed by atoms with Crippen LogP contribution in [0.4, 0.5) is 0 Å². The van der Waals surface area contributed by atoms with Crippen LogP contribution in [-0.2, 0) is 6.42 Å². The third-order valence-corrected chi connectivity index (χ3v) is 4.22. The average molecular weight is 467 g/mol. The molecule has 142 valence electrons. The Morgan fingerprint density at radius 2 is 1.69 bits per heavy atom. The lowest BCUT2D eigenvalue weighted by atomic mass is 10.0. The molecule has 0 heterocycles. The summed E-state index contributed by atoms with van der Waals surface area (Å²) in [6, 6.07) is 16.7. The minimum absolute atomic E-state index is 0. The number of hydrogen-bond acceptors (Lipinski definition) is 2. The van der Waals surface area contributed by atoms with Crippen LogP contribution in [0.2, 0.25) is 0 Å². The smallest absolute Gasteiger partial charge is 0.191 e. The lowest BCUT2D eigenvalue weighted by Crippen LogP contribution is -2.40. The van der Waals surface area contributed by atoms with Crippen LogP contribution in [0.3, 0.4) is 0 Å². The first-order valence-corrected chi connectivity index (χ1v) is 8.80. The van der Waals surface area contributed by atoms with E-state index in [0.29, 0.717) is 6.54 Å². The van der Waals surface area contributed by atoms with E-state index < -0.39 is 0 Å². The van der Waals surface area contributed by atoms with Crippen molar-refractivity contribution in [2.45, 2.75) is 26.2 Å². The molecule has 0 fully saturated rings. The Morgan fingerprint density at radius 3 is 2.27 bits per heavy atom. The van der Waals surface area contributed by atoms with Crippen LogP contribution in [0.25, 0.3) is 0 Å². The van der Waals surface area contributed by atoms with Crippen LogP contribution >= 0.6 is 24.0 Å². The Hall–Kier alpha value is -1.60. The van der Waals surface area contributed by atoms with Gasteiger partial charge in [0.15, 0.2) is 5.96 Å². The van der Waals surface area contributed by atoms with Gasteiger partial charge in [0, 0.05) is 26.1 Å². The van der Waals surface area contributed by atoms with Gasteiger partial charge in [-0.2, -0.15) is 0 Å². The number of aryl methyl sites for hydroxylation is 2. The molecule has 0 aliphatic heterocycles. The van der Waals surface area contributed by atoms with Crippen LogP contribution in [-0.4, -0.2) is 37.8 Å². The van der Waals surface area contributed by atoms with Crippen molar-refractivity contribution < 1.29 is 5.11 Å². The summed E-state index contributed by atoms with van der Waals surface area (Å²) in [5, 5.41) is 16.3. The monoisotopic (exact) mass is 467 g/mol. The fourth-order valence-electron chi connectivity index (χ4n) is 2.99. The third-order valence-electron chi connectivity index (χ3n) is 4.22. The second-order valence-corrected chi connectivity index (χ2v) is 6.42. The standard InChI is InChI=1S/C21H29N3O.HI/c1-16-11-17(2)13-18(12-16)9-10-23-21(22-3)24-14-20(15-25)19-7-5-4-6-8-19;/h4-8,11-13,20,25H,9-10,14-15H2,1-3H3,(H2,22,23,24);1H. The maximum atomic E-state index is 9.64. The second-order valence-electron chi connectivity index (χ2n) is 6.42. The number of nitrogens with one attached hydrogen (secondary N) is 2. The van der Waals surface area contributed by atoms with E-state index in [-0.39, 0.29) is 36.5 Å². The van der Waals surface area contributed by atoms with Gasteiger partial charge in [0.2, 0.25) is 0 Å². The Balaban J connectivity index is 0.00000338. The summed E-state index contributed by atoms with van der Waals surface area (Å²) in [4.78, 5) is 4.27. The number of rotatable bonds is 7. The summed E-state index contributed by atoms with van der Waals surface area (Å²) >= 11 is 0. The Bertz CT molecular complexity index is 669. The van der Waals surface area contributed by atoms with E-state index >= 15 is 0 Å². The normalized spacial score (nSPS) is 12.2. The van der Waals surface area contributed by atoms with E-state index in [1.54, 1.807) is 7.05 Å². The van der Waals surface area contributed by atoms with Crippen molar-refractivity contribution >= 4 is 29.9 Å². The summed E-state index contributed by atoms with van der Waals surface area (Å²) in [5.74, 6) is 0.818. The van der Waals surface area contributed by atoms with Gasteiger partial charge in [0.1, 0.15) is 0 Å². The quantitative estimate of drug-likeness (QED) is 0.333. The van der Waals surface area contributed by atoms with Crippen LogP contribution in [0, 0.1) is 13.8 Å². The summed E-state index contributed by atoms with van der Waals surface area (Å²) in [5.41, 5.74) is 5.05. The second kappa shape index (κ2) is 11.9. The van der Waals surface area contributed by atoms with Crippen molar-refractivity contribution in [1.82, 2.24) is 10.6 Å². The minimum atomic E-state index is 0. The summed E-state index contributed by atoms with van der Waals surface area (Å²) in [7, 11) is 1.77. The van der Waals surface area contributed by atoms with Gasteiger partial charge in [-0.3, -0.25) is 4.99 Å². The molecule has 1 unspecified atom stereocenters. The molecule has 0 spiro atoms. The van der Waals surface area contributed by atoms with Gasteiger partial charge in [-0.25, -0.2) is 0 Å². The Morgan fingerprint density at radius 1 is 1.04 bits per heavy atom. The predicted octanol–water partition coefficient (Wildman–Crippen LogP) is 3.41. The first-order chi connectivity index (χ1) is 12.1. The fourth-order valence-corrected chi connectivity index (χ4v) is 2.99. The molecule has 0 bridgehead atoms. The molecule has 2 aromatic rings. The number of benzene rings is 2. The SMILES string of the molecule is CN=C(NCCc1cc(C)cc(C)c1)NCC(CO)c1ccccc1.I. The number of aliphatic hydroxyl groups is 1. The average Bonchev–Trinajstić information content (AvgIpc) is 2.60. The highest BCUT2D eigenvalue weighted by atomic mass is 127. The number of guanidine groups is 1. The van der Waals surface area contributed by atoms with E-state index in [0.717, 1.165) is 24.5 Å². The zero-order valence-corrected chi connectivity index (χ0v) is 18.2. The molecule has 1 atom stereocenters. The number of halogens is 1. The molecule has 5 heteroatoms. The topological polar surface area (TPSA) is 56.7 Å². The van der Waals surface area contributed by atoms with Crippen molar-refractivity contribution in [2.24, 2.45) is 4.99 Å². The fraction of sp³-hybridized carbons (Fsp3) is 0.381. The maximum Gasteiger partial charge on any atom is 0.191 e. The number of hydrogen-bond donors (Lipinski definition) is 3. The molecule has 0 saturated carbocycles. The van der Waals surface area contributed by atoms with Crippen LogP contribution < -0.4 is 10.6 Å². The van der Waals surface area contributed by atoms with Gasteiger partial charge in [-0.1, -0.05) is 59.7 Å². The molecular weight excluding hydrogens is 437 g/mol. The van der Waals surface area contributed by atoms with Gasteiger partial charge < -0.3 is 15.7 Å². The molecule has 2 rings (SSSR count). The summed E-state index contributed by atoms with van der Waals surface area (Å²) in [6.45, 7) is 5.82. The van der Waals surface area contributed by atoms with E-state index in [1.807, 2.05) is 30.3 Å². The molecular formula is C21H30IN3O. The number of aliphatic imine (C=N–C) groups is 1. The van der Waals surface area contributed by atoms with Crippen molar-refractivity contribution in [1.29, 1.82) is 0 Å². The molecule has 0 aliphatic carbocycles. The molecule has 0 aromatic heterocycles. The molecule has 26 heavy (non-hydrogen) atoms. The molecule has 2 aromatic carbocycles. The van der Waals surface area contributed by atoms with Crippen molar-refractivity contribution in [3.8, 4) is 0 Å². The largest absolute Gasteiger partial charge is 0.396 e. The van der Waals surface area contributed by atoms with Crippen molar-refractivity contribution in [2.75, 3.05) is 26.7 Å². The highest BCUT2D eigenvalue weighted by Gasteiger charge is 2.10. The van der Waals surface area contributed by atoms with Gasteiger partial charge in [0.25, 0.3) is 0 Å². The van der Waals surface area contributed by atoms with Gasteiger partial charge in [0.05, 0.1) is 6.61 Å². The van der Waals surface area contributed by atoms with Gasteiger partial charge >= 0.3 is 0 Å². The van der Waals surface area contributed by atoms with Gasteiger partial charge in [-0.05, 0) is 31.4 Å². The molecule has 0 aliphatic rings. The Kier molecular flexibility index (Phi) is 10.3. The molecule has 3 N–H and O–H groups in total. The Labute approximate surface area is 174 Å². The highest BCUT2D eigenvalue weighted by molar-refractivity contribution is 14.0. The maximum absolute atomic E-state index is 9.64. The molecule has 0 amide bonds. The van der Waals surface area contributed by atoms with E-state index in [4.69, 9.17) is 0 Å². The minimum Gasteiger partial charge on any atom is -0.396 e. The number of aliphatic hydroxyl groups excluding tert-OH is 1. The van der Waals surface area contributed by atoms with E-state index in [2.05, 4.69) is 47.7 Å². The zero-order chi connectivity index (χ0) is 18.1. The number of nitrogens with zero attached hydrogens (tertiary/aromatic N) is 1. The molecule has 4 nitrogen and oxygen atoms in total. The third kappa shape index (κ3) is 7.33. The predicted molar refractivity (Wildman–Crippen MR) is 121 cm³/mol. The van der Waals surface area contributed by atoms with Gasteiger partial charge in [-0.15, -0.1) is 24.0 Å². The first-order valence-electron chi connectivity index (χ1n) is 8.80. The van der Waals surface area contributed by atoms with E-state index in [1.165, 1.54) is 16.7 Å². The van der Waals surface area contributed by atoms with Crippen LogP contribution in [0.5, 0.6) is 0 Å². The molecule has 0 radical (unpaired) electrons. The first kappa shape index (κ1) is 22.4. The van der Waals surface area contributed by atoms with E-state index in [9.17, 15) is 5.11 Å². The van der Waals surface area contributed by atoms with Crippen LogP contribution in [0.15, 0.2) is 53.5 Å². The van der Waals surface area contributed by atoms with Crippen LogP contribution in [0.1, 0.15) is 28.2 Å². The lowest BCUT2D eigenvalue weighted by molar-refractivity contribution is 0.265. The highest BCUT2D eigenvalue weighted by Crippen LogP contribution is 2.13. The van der Waals surface area contributed by atoms with Crippen molar-refractivity contribution in [3.05, 3.63) is 70.8 Å². The summed E-state index contributed by atoms with van der Waals surface area (Å²) in [6.07, 6.45) is 0.950. The van der Waals surface area contributed by atoms with Crippen molar-refractivity contribution in [3.63, 3.8) is 0 Å². The summed E-state index contributed by atoms with van der Waals surface area (Å²) < 4.78 is 0. The lowest BCUT2D eigenvalue weighted by Gasteiger charge is -2.18. The molecule has 0 saturated heterocycles. The zero-order valence-electron chi connectivity index (χ0n) is 15.8.